The summed E-state index contributed by atoms with van der Waals surface area (Å²) >= 11 is 1.45. The van der Waals surface area contributed by atoms with E-state index in [1.54, 1.807) is 7.11 Å². The van der Waals surface area contributed by atoms with Crippen molar-refractivity contribution < 1.29 is 9.53 Å². The molecular formula is C22H26N6O2S. The van der Waals surface area contributed by atoms with E-state index in [0.717, 1.165) is 41.6 Å². The highest BCUT2D eigenvalue weighted by Gasteiger charge is 2.22. The van der Waals surface area contributed by atoms with E-state index >= 15 is 0 Å². The van der Waals surface area contributed by atoms with Gasteiger partial charge in [-0.05, 0) is 32.0 Å². The Bertz CT molecular complexity index is 1040. The summed E-state index contributed by atoms with van der Waals surface area (Å²) in [6.45, 7) is 6.85. The van der Waals surface area contributed by atoms with E-state index in [0.29, 0.717) is 30.6 Å². The van der Waals surface area contributed by atoms with Gasteiger partial charge in [-0.15, -0.1) is 11.3 Å². The summed E-state index contributed by atoms with van der Waals surface area (Å²) in [6, 6.07) is 9.95. The molecule has 0 unspecified atom stereocenters. The Labute approximate surface area is 185 Å². The molecule has 0 radical (unpaired) electrons. The summed E-state index contributed by atoms with van der Waals surface area (Å²) in [5, 5.41) is 5.74. The van der Waals surface area contributed by atoms with E-state index in [-0.39, 0.29) is 5.91 Å². The molecule has 9 heteroatoms. The van der Waals surface area contributed by atoms with Crippen LogP contribution in [0, 0.1) is 13.8 Å². The predicted octanol–water partition coefficient (Wildman–Crippen LogP) is 3.19. The molecule has 1 saturated heterocycles. The number of thiazole rings is 1. The number of aromatic nitrogens is 3. The van der Waals surface area contributed by atoms with Crippen LogP contribution in [-0.2, 0) is 11.2 Å². The van der Waals surface area contributed by atoms with Crippen molar-refractivity contribution in [1.29, 1.82) is 0 Å². The van der Waals surface area contributed by atoms with Crippen LogP contribution in [0.3, 0.4) is 0 Å². The number of nitrogens with one attached hydrogen (secondary N) is 1. The Balaban J connectivity index is 1.31. The second kappa shape index (κ2) is 9.30. The number of piperazine rings is 1. The molecule has 0 aliphatic carbocycles. The average Bonchev–Trinajstić information content (AvgIpc) is 3.19. The molecule has 1 aromatic carbocycles. The van der Waals surface area contributed by atoms with Crippen molar-refractivity contribution in [3.8, 4) is 5.75 Å². The Hall–Kier alpha value is -3.20. The highest BCUT2D eigenvalue weighted by atomic mass is 32.1. The van der Waals surface area contributed by atoms with Crippen LogP contribution in [0.1, 0.15) is 17.1 Å². The number of anilines is 3. The number of aryl methyl sites for hydroxylation is 2. The molecule has 0 saturated carbocycles. The molecule has 2 aromatic heterocycles. The number of amides is 1. The fourth-order valence-electron chi connectivity index (χ4n) is 3.61. The van der Waals surface area contributed by atoms with Crippen molar-refractivity contribution in [1.82, 2.24) is 19.9 Å². The van der Waals surface area contributed by atoms with E-state index in [2.05, 4.69) is 31.2 Å². The lowest BCUT2D eigenvalue weighted by molar-refractivity contribution is -0.130. The van der Waals surface area contributed by atoms with Gasteiger partial charge in [-0.1, -0.05) is 6.07 Å². The number of hydrogen-bond acceptors (Lipinski definition) is 8. The Kier molecular flexibility index (Phi) is 6.31. The normalized spacial score (nSPS) is 13.9. The summed E-state index contributed by atoms with van der Waals surface area (Å²) < 4.78 is 5.31. The third-order valence-electron chi connectivity index (χ3n) is 5.14. The van der Waals surface area contributed by atoms with E-state index in [4.69, 9.17) is 4.74 Å². The second-order valence-electron chi connectivity index (χ2n) is 7.49. The molecule has 1 aliphatic heterocycles. The first-order valence-electron chi connectivity index (χ1n) is 10.2. The average molecular weight is 439 g/mol. The minimum Gasteiger partial charge on any atom is -0.497 e. The Morgan fingerprint density at radius 1 is 1.10 bits per heavy atom. The van der Waals surface area contributed by atoms with Gasteiger partial charge in [0.1, 0.15) is 5.75 Å². The van der Waals surface area contributed by atoms with E-state index in [9.17, 15) is 4.79 Å². The molecule has 4 rings (SSSR count). The van der Waals surface area contributed by atoms with Gasteiger partial charge >= 0.3 is 0 Å². The van der Waals surface area contributed by atoms with Gasteiger partial charge in [-0.25, -0.2) is 15.0 Å². The first-order valence-corrected chi connectivity index (χ1v) is 11.1. The van der Waals surface area contributed by atoms with Crippen molar-refractivity contribution in [2.75, 3.05) is 43.5 Å². The van der Waals surface area contributed by atoms with Crippen LogP contribution in [0.5, 0.6) is 5.75 Å². The summed E-state index contributed by atoms with van der Waals surface area (Å²) in [5.74, 6) is 1.47. The number of hydrogen-bond donors (Lipinski definition) is 1. The lowest BCUT2D eigenvalue weighted by atomic mass is 10.2. The fourth-order valence-corrected chi connectivity index (χ4v) is 4.31. The van der Waals surface area contributed by atoms with Crippen LogP contribution in [0.15, 0.2) is 35.7 Å². The molecule has 31 heavy (non-hydrogen) atoms. The first-order chi connectivity index (χ1) is 15.0. The quantitative estimate of drug-likeness (QED) is 0.633. The lowest BCUT2D eigenvalue weighted by Crippen LogP contribution is -2.49. The van der Waals surface area contributed by atoms with Crippen LogP contribution in [0.25, 0.3) is 0 Å². The second-order valence-corrected chi connectivity index (χ2v) is 8.35. The fraction of sp³-hybridized carbons (Fsp3) is 0.364. The molecule has 0 spiro atoms. The number of carbonyl (C=O) groups is 1. The molecule has 1 N–H and O–H groups in total. The summed E-state index contributed by atoms with van der Waals surface area (Å²) in [4.78, 5) is 30.2. The maximum atomic E-state index is 12.8. The molecular weight excluding hydrogens is 412 g/mol. The SMILES string of the molecule is COc1cccc(N2CCN(C(=O)Cc3csc(Nc4nc(C)cc(C)n4)n3)CC2)c1. The third kappa shape index (κ3) is 5.29. The van der Waals surface area contributed by atoms with Crippen LogP contribution in [0.4, 0.5) is 16.8 Å². The van der Waals surface area contributed by atoms with Gasteiger partial charge in [0, 0.05) is 54.7 Å². The molecule has 0 atom stereocenters. The smallest absolute Gasteiger partial charge is 0.229 e. The van der Waals surface area contributed by atoms with Gasteiger partial charge in [0.05, 0.1) is 19.2 Å². The van der Waals surface area contributed by atoms with Crippen molar-refractivity contribution in [2.45, 2.75) is 20.3 Å². The largest absolute Gasteiger partial charge is 0.497 e. The first kappa shape index (κ1) is 21.0. The van der Waals surface area contributed by atoms with Gasteiger partial charge < -0.3 is 19.9 Å². The third-order valence-corrected chi connectivity index (χ3v) is 5.94. The predicted molar refractivity (Wildman–Crippen MR) is 122 cm³/mol. The van der Waals surface area contributed by atoms with Crippen LogP contribution in [0.2, 0.25) is 0 Å². The number of carbonyl (C=O) groups excluding carboxylic acids is 1. The van der Waals surface area contributed by atoms with E-state index in [1.165, 1.54) is 11.3 Å². The number of rotatable bonds is 6. The highest BCUT2D eigenvalue weighted by Crippen LogP contribution is 2.23. The summed E-state index contributed by atoms with van der Waals surface area (Å²) in [6.07, 6.45) is 0.297. The van der Waals surface area contributed by atoms with Gasteiger partial charge in [-0.3, -0.25) is 4.79 Å². The van der Waals surface area contributed by atoms with E-state index < -0.39 is 0 Å². The number of nitrogens with zero attached hydrogens (tertiary/aromatic N) is 5. The topological polar surface area (TPSA) is 83.5 Å². The molecule has 1 aliphatic rings. The molecule has 162 valence electrons. The van der Waals surface area contributed by atoms with Crippen LogP contribution < -0.4 is 15.0 Å². The standard InChI is InChI=1S/C22H26N6O2S/c1-15-11-16(2)24-21(23-15)26-22-25-17(14-31-22)12-20(29)28-9-7-27(8-10-28)18-5-4-6-19(13-18)30-3/h4-6,11,13-14H,7-10,12H2,1-3H3,(H,23,24,25,26). The monoisotopic (exact) mass is 438 g/mol. The van der Waals surface area contributed by atoms with Gasteiger partial charge in [0.2, 0.25) is 11.9 Å². The molecule has 8 nitrogen and oxygen atoms in total. The van der Waals surface area contributed by atoms with Crippen molar-refractivity contribution in [2.24, 2.45) is 0 Å². The molecule has 3 heterocycles. The van der Waals surface area contributed by atoms with Crippen molar-refractivity contribution >= 4 is 34.0 Å². The van der Waals surface area contributed by atoms with Gasteiger partial charge in [0.15, 0.2) is 5.13 Å². The van der Waals surface area contributed by atoms with Crippen molar-refractivity contribution in [3.63, 3.8) is 0 Å². The zero-order valence-electron chi connectivity index (χ0n) is 18.0. The van der Waals surface area contributed by atoms with Gasteiger partial charge in [-0.2, -0.15) is 0 Å². The number of benzene rings is 1. The Morgan fingerprint density at radius 3 is 2.55 bits per heavy atom. The highest BCUT2D eigenvalue weighted by molar-refractivity contribution is 7.13. The number of methoxy groups -OCH3 is 1. The molecule has 1 amide bonds. The van der Waals surface area contributed by atoms with Crippen LogP contribution in [-0.4, -0.2) is 59.0 Å². The Morgan fingerprint density at radius 2 is 1.84 bits per heavy atom. The van der Waals surface area contributed by atoms with Gasteiger partial charge in [0.25, 0.3) is 0 Å². The van der Waals surface area contributed by atoms with Crippen LogP contribution >= 0.6 is 11.3 Å². The van der Waals surface area contributed by atoms with Crippen molar-refractivity contribution in [3.05, 3.63) is 52.8 Å². The minimum atomic E-state index is 0.102. The maximum Gasteiger partial charge on any atom is 0.229 e. The maximum absolute atomic E-state index is 12.8. The molecule has 3 aromatic rings. The molecule has 1 fully saturated rings. The molecule has 0 bridgehead atoms. The summed E-state index contributed by atoms with van der Waals surface area (Å²) in [5.41, 5.74) is 3.68. The zero-order valence-corrected chi connectivity index (χ0v) is 18.8. The summed E-state index contributed by atoms with van der Waals surface area (Å²) in [7, 11) is 1.67. The minimum absolute atomic E-state index is 0.102. The number of ether oxygens (including phenoxy) is 1. The van der Waals surface area contributed by atoms with E-state index in [1.807, 2.05) is 48.4 Å². The zero-order chi connectivity index (χ0) is 21.8. The lowest BCUT2D eigenvalue weighted by Gasteiger charge is -2.36.